The predicted octanol–water partition coefficient (Wildman–Crippen LogP) is 3.21. The van der Waals surface area contributed by atoms with Gasteiger partial charge in [-0.05, 0) is 48.7 Å². The molecule has 122 valence electrons. The van der Waals surface area contributed by atoms with Gasteiger partial charge in [-0.1, -0.05) is 18.2 Å². The number of methoxy groups -OCH3 is 1. The number of phenols is 1. The van der Waals surface area contributed by atoms with Crippen LogP contribution in [0.5, 0.6) is 17.2 Å². The van der Waals surface area contributed by atoms with Crippen LogP contribution in [0, 0.1) is 0 Å². The Balaban J connectivity index is 2.27. The van der Waals surface area contributed by atoms with Crippen molar-refractivity contribution in [3.63, 3.8) is 0 Å². The average Bonchev–Trinajstić information content (AvgIpc) is 2.53. The molecule has 5 nitrogen and oxygen atoms in total. The summed E-state index contributed by atoms with van der Waals surface area (Å²) in [4.78, 5) is 11.7. The molecule has 2 aromatic carbocycles. The van der Waals surface area contributed by atoms with Crippen molar-refractivity contribution in [2.75, 3.05) is 13.7 Å². The van der Waals surface area contributed by atoms with Crippen molar-refractivity contribution in [2.45, 2.75) is 19.3 Å². The Hall–Kier alpha value is -2.69. The Labute approximate surface area is 135 Å². The summed E-state index contributed by atoms with van der Waals surface area (Å²) in [7, 11) is 1.47. The molecule has 0 bridgehead atoms. The molecule has 0 heterocycles. The lowest BCUT2D eigenvalue weighted by atomic mass is 9.92. The van der Waals surface area contributed by atoms with Crippen LogP contribution in [0.4, 0.5) is 0 Å². The zero-order valence-electron chi connectivity index (χ0n) is 13.2. The summed E-state index contributed by atoms with van der Waals surface area (Å²) in [5.74, 6) is -0.637. The van der Waals surface area contributed by atoms with E-state index in [2.05, 4.69) is 0 Å². The molecule has 5 heteroatoms. The number of hydrogen-bond acceptors (Lipinski definition) is 4. The summed E-state index contributed by atoms with van der Waals surface area (Å²) in [5, 5.41) is 19.4. The maximum atomic E-state index is 11.7. The van der Waals surface area contributed by atoms with E-state index in [0.29, 0.717) is 23.7 Å². The average molecular weight is 316 g/mol. The lowest BCUT2D eigenvalue weighted by Crippen LogP contribution is -2.14. The van der Waals surface area contributed by atoms with E-state index in [-0.39, 0.29) is 12.2 Å². The number of carboxylic acids is 1. The third-order valence-electron chi connectivity index (χ3n) is 3.55. The van der Waals surface area contributed by atoms with Crippen LogP contribution in [0.15, 0.2) is 42.5 Å². The van der Waals surface area contributed by atoms with Crippen molar-refractivity contribution in [3.05, 3.63) is 53.6 Å². The first kappa shape index (κ1) is 16.7. The first-order valence-electron chi connectivity index (χ1n) is 7.36. The molecular formula is C18H20O5. The minimum atomic E-state index is -0.922. The Morgan fingerprint density at radius 1 is 1.22 bits per heavy atom. The largest absolute Gasteiger partial charge is 0.504 e. The molecule has 0 aliphatic carbocycles. The fourth-order valence-corrected chi connectivity index (χ4v) is 2.43. The number of aliphatic carboxylic acids is 1. The molecule has 1 unspecified atom stereocenters. The van der Waals surface area contributed by atoms with Crippen molar-refractivity contribution in [1.82, 2.24) is 0 Å². The van der Waals surface area contributed by atoms with Gasteiger partial charge >= 0.3 is 5.97 Å². The zero-order chi connectivity index (χ0) is 16.8. The molecule has 2 aromatic rings. The van der Waals surface area contributed by atoms with Gasteiger partial charge in [0.25, 0.3) is 0 Å². The minimum Gasteiger partial charge on any atom is -0.504 e. The fourth-order valence-electron chi connectivity index (χ4n) is 2.43. The molecule has 0 aromatic heterocycles. The van der Waals surface area contributed by atoms with Crippen LogP contribution < -0.4 is 9.47 Å². The van der Waals surface area contributed by atoms with Gasteiger partial charge in [-0.15, -0.1) is 0 Å². The van der Waals surface area contributed by atoms with Gasteiger partial charge in [0, 0.05) is 0 Å². The third kappa shape index (κ3) is 4.16. The number of hydrogen-bond donors (Lipinski definition) is 2. The van der Waals surface area contributed by atoms with Crippen molar-refractivity contribution in [1.29, 1.82) is 0 Å². The van der Waals surface area contributed by atoms with Gasteiger partial charge in [0.15, 0.2) is 11.5 Å². The summed E-state index contributed by atoms with van der Waals surface area (Å²) < 4.78 is 10.4. The van der Waals surface area contributed by atoms with Crippen LogP contribution in [0.25, 0.3) is 0 Å². The zero-order valence-corrected chi connectivity index (χ0v) is 13.2. The summed E-state index contributed by atoms with van der Waals surface area (Å²) in [6, 6.07) is 12.0. The highest BCUT2D eigenvalue weighted by Crippen LogP contribution is 2.30. The van der Waals surface area contributed by atoms with Crippen molar-refractivity contribution < 1.29 is 24.5 Å². The first-order valence-corrected chi connectivity index (χ1v) is 7.36. The van der Waals surface area contributed by atoms with Crippen LogP contribution in [-0.4, -0.2) is 29.9 Å². The SMILES string of the molecule is CCOc1cccc(C(Cc2ccc(OC)c(O)c2)C(=O)O)c1. The summed E-state index contributed by atoms with van der Waals surface area (Å²) >= 11 is 0. The van der Waals surface area contributed by atoms with Gasteiger partial charge in [-0.2, -0.15) is 0 Å². The molecule has 0 fully saturated rings. The molecule has 0 aliphatic heterocycles. The number of carboxylic acid groups (broad SMARTS) is 1. The van der Waals surface area contributed by atoms with Crippen LogP contribution >= 0.6 is 0 Å². The molecule has 1 atom stereocenters. The summed E-state index contributed by atoms with van der Waals surface area (Å²) in [5.41, 5.74) is 1.39. The van der Waals surface area contributed by atoms with Gasteiger partial charge in [-0.3, -0.25) is 4.79 Å². The molecule has 0 saturated heterocycles. The first-order chi connectivity index (χ1) is 11.0. The second kappa shape index (κ2) is 7.54. The molecule has 0 spiro atoms. The molecule has 2 rings (SSSR count). The predicted molar refractivity (Wildman–Crippen MR) is 86.4 cm³/mol. The number of phenolic OH excluding ortho intramolecular Hbond substituents is 1. The molecule has 2 N–H and O–H groups in total. The van der Waals surface area contributed by atoms with E-state index >= 15 is 0 Å². The number of aromatic hydroxyl groups is 1. The minimum absolute atomic E-state index is 0.00259. The topological polar surface area (TPSA) is 76.0 Å². The molecule has 0 radical (unpaired) electrons. The number of carbonyl (C=O) groups is 1. The molecule has 0 aliphatic rings. The van der Waals surface area contributed by atoms with Gasteiger partial charge in [0.2, 0.25) is 0 Å². The molecule has 0 amide bonds. The Kier molecular flexibility index (Phi) is 5.46. The van der Waals surface area contributed by atoms with Gasteiger partial charge in [-0.25, -0.2) is 0 Å². The van der Waals surface area contributed by atoms with E-state index < -0.39 is 11.9 Å². The van der Waals surface area contributed by atoms with Gasteiger partial charge < -0.3 is 19.7 Å². The number of ether oxygens (including phenoxy) is 2. The van der Waals surface area contributed by atoms with Gasteiger partial charge in [0.1, 0.15) is 5.75 Å². The highest BCUT2D eigenvalue weighted by Gasteiger charge is 2.21. The molecule has 23 heavy (non-hydrogen) atoms. The van der Waals surface area contributed by atoms with E-state index in [1.807, 2.05) is 6.92 Å². The van der Waals surface area contributed by atoms with Gasteiger partial charge in [0.05, 0.1) is 19.6 Å². The quantitative estimate of drug-likeness (QED) is 0.820. The van der Waals surface area contributed by atoms with Crippen LogP contribution in [0.2, 0.25) is 0 Å². The third-order valence-corrected chi connectivity index (χ3v) is 3.55. The lowest BCUT2D eigenvalue weighted by molar-refractivity contribution is -0.138. The maximum absolute atomic E-state index is 11.7. The normalized spacial score (nSPS) is 11.7. The second-order valence-electron chi connectivity index (χ2n) is 5.11. The lowest BCUT2D eigenvalue weighted by Gasteiger charge is -2.15. The van der Waals surface area contributed by atoms with E-state index in [9.17, 15) is 15.0 Å². The summed E-state index contributed by atoms with van der Waals surface area (Å²) in [6.07, 6.45) is 0.266. The van der Waals surface area contributed by atoms with E-state index in [1.54, 1.807) is 36.4 Å². The van der Waals surface area contributed by atoms with E-state index in [4.69, 9.17) is 9.47 Å². The number of benzene rings is 2. The Morgan fingerprint density at radius 2 is 2.00 bits per heavy atom. The van der Waals surface area contributed by atoms with Crippen molar-refractivity contribution in [2.24, 2.45) is 0 Å². The highest BCUT2D eigenvalue weighted by molar-refractivity contribution is 5.76. The smallest absolute Gasteiger partial charge is 0.311 e. The maximum Gasteiger partial charge on any atom is 0.311 e. The molecular weight excluding hydrogens is 296 g/mol. The van der Waals surface area contributed by atoms with E-state index in [0.717, 1.165) is 5.56 Å². The Morgan fingerprint density at radius 3 is 2.61 bits per heavy atom. The monoisotopic (exact) mass is 316 g/mol. The van der Waals surface area contributed by atoms with Crippen molar-refractivity contribution >= 4 is 5.97 Å². The van der Waals surface area contributed by atoms with E-state index in [1.165, 1.54) is 13.2 Å². The van der Waals surface area contributed by atoms with Crippen LogP contribution in [-0.2, 0) is 11.2 Å². The molecule has 0 saturated carbocycles. The standard InChI is InChI=1S/C18H20O5/c1-3-23-14-6-4-5-13(11-14)15(18(20)21)9-12-7-8-17(22-2)16(19)10-12/h4-8,10-11,15,19H,3,9H2,1-2H3,(H,20,21). The summed E-state index contributed by atoms with van der Waals surface area (Å²) in [6.45, 7) is 2.40. The number of rotatable bonds is 7. The highest BCUT2D eigenvalue weighted by atomic mass is 16.5. The fraction of sp³-hybridized carbons (Fsp3) is 0.278. The van der Waals surface area contributed by atoms with Crippen molar-refractivity contribution in [3.8, 4) is 17.2 Å². The van der Waals surface area contributed by atoms with Crippen LogP contribution in [0.3, 0.4) is 0 Å². The second-order valence-corrected chi connectivity index (χ2v) is 5.11. The Bertz CT molecular complexity index is 681. The van der Waals surface area contributed by atoms with Crippen LogP contribution in [0.1, 0.15) is 24.0 Å².